The minimum atomic E-state index is -0.977. The zero-order valence-electron chi connectivity index (χ0n) is 17.4. The number of aliphatic carboxylic acids is 1. The Bertz CT molecular complexity index is 1070. The molecule has 0 bridgehead atoms. The van der Waals surface area contributed by atoms with Gasteiger partial charge in [0, 0.05) is 12.6 Å². The lowest BCUT2D eigenvalue weighted by atomic mass is 9.98. The third kappa shape index (κ3) is 5.12. The van der Waals surface area contributed by atoms with E-state index in [1.165, 1.54) is 12.8 Å². The van der Waals surface area contributed by atoms with Gasteiger partial charge in [0.15, 0.2) is 5.69 Å². The molecule has 31 heavy (non-hydrogen) atoms. The molecule has 7 heteroatoms. The number of rotatable bonds is 9. The van der Waals surface area contributed by atoms with Crippen LogP contribution in [0.25, 0.3) is 5.69 Å². The molecule has 1 aromatic heterocycles. The van der Waals surface area contributed by atoms with Crippen molar-refractivity contribution >= 4 is 17.7 Å². The highest BCUT2D eigenvalue weighted by Crippen LogP contribution is 2.29. The lowest BCUT2D eigenvalue weighted by molar-refractivity contribution is -0.137. The van der Waals surface area contributed by atoms with Gasteiger partial charge >= 0.3 is 5.97 Å². The number of hydrogen-bond donors (Lipinski definition) is 3. The molecular formula is C24H26N4O3. The Balaban J connectivity index is 1.60. The minimum absolute atomic E-state index is 0.206. The fraction of sp³-hybridized carbons (Fsp3) is 0.292. The number of nitrogens with one attached hydrogen (secondary N) is 2. The summed E-state index contributed by atoms with van der Waals surface area (Å²) in [5.74, 6) is 0.0279. The van der Waals surface area contributed by atoms with Crippen LogP contribution in [0.2, 0.25) is 0 Å². The fourth-order valence-corrected chi connectivity index (χ4v) is 3.58. The number of carbonyl (C=O) groups is 2. The quantitative estimate of drug-likeness (QED) is 0.489. The summed E-state index contributed by atoms with van der Waals surface area (Å²) in [5.41, 5.74) is 2.80. The Morgan fingerprint density at radius 1 is 1.13 bits per heavy atom. The first-order valence-electron chi connectivity index (χ1n) is 10.5. The number of anilines is 1. The molecule has 3 aromatic rings. The molecule has 2 aromatic carbocycles. The number of carboxylic acid groups (broad SMARTS) is 1. The van der Waals surface area contributed by atoms with E-state index in [9.17, 15) is 14.7 Å². The molecule has 4 rings (SSSR count). The molecule has 3 N–H and O–H groups in total. The molecule has 1 fully saturated rings. The molecule has 0 saturated heterocycles. The van der Waals surface area contributed by atoms with Gasteiger partial charge in [0.1, 0.15) is 5.82 Å². The standard InChI is InChI=1S/C24H26N4O3/c1-16-7-5-6-10-19(16)20(14-23(29)30)26-24(31)21-13-22(25-15-17-11-12-17)28(27-21)18-8-3-2-4-9-18/h2-10,13,17,20,25H,11-12,14-15H2,1H3,(H,26,31)(H,29,30)/t20-/m0/s1. The summed E-state index contributed by atoms with van der Waals surface area (Å²) in [6, 6.07) is 18.2. The molecule has 1 aliphatic rings. The van der Waals surface area contributed by atoms with Crippen LogP contribution in [0.3, 0.4) is 0 Å². The fourth-order valence-electron chi connectivity index (χ4n) is 3.58. The molecule has 160 valence electrons. The van der Waals surface area contributed by atoms with Crippen LogP contribution in [0.15, 0.2) is 60.7 Å². The van der Waals surface area contributed by atoms with Gasteiger partial charge in [-0.05, 0) is 48.9 Å². The second kappa shape index (κ2) is 9.04. The van der Waals surface area contributed by atoms with Crippen molar-refractivity contribution in [3.8, 4) is 5.69 Å². The number of carbonyl (C=O) groups excluding carboxylic acids is 1. The van der Waals surface area contributed by atoms with E-state index in [-0.39, 0.29) is 12.1 Å². The van der Waals surface area contributed by atoms with E-state index in [1.807, 2.05) is 61.5 Å². The van der Waals surface area contributed by atoms with Crippen LogP contribution in [0.4, 0.5) is 5.82 Å². The van der Waals surface area contributed by atoms with Gasteiger partial charge in [-0.2, -0.15) is 5.10 Å². The van der Waals surface area contributed by atoms with Gasteiger partial charge < -0.3 is 15.7 Å². The van der Waals surface area contributed by atoms with Crippen LogP contribution in [0.5, 0.6) is 0 Å². The van der Waals surface area contributed by atoms with Gasteiger partial charge in [0.05, 0.1) is 18.2 Å². The Kier molecular flexibility index (Phi) is 6.02. The van der Waals surface area contributed by atoms with E-state index in [0.29, 0.717) is 5.92 Å². The number of benzene rings is 2. The van der Waals surface area contributed by atoms with Gasteiger partial charge in [-0.15, -0.1) is 0 Å². The van der Waals surface area contributed by atoms with Crippen LogP contribution < -0.4 is 10.6 Å². The Morgan fingerprint density at radius 3 is 2.52 bits per heavy atom. The van der Waals surface area contributed by atoms with Gasteiger partial charge in [0.25, 0.3) is 5.91 Å². The molecular weight excluding hydrogens is 392 g/mol. The molecule has 0 spiro atoms. The first-order valence-corrected chi connectivity index (χ1v) is 10.5. The lowest BCUT2D eigenvalue weighted by Crippen LogP contribution is -2.31. The zero-order valence-corrected chi connectivity index (χ0v) is 17.4. The summed E-state index contributed by atoms with van der Waals surface area (Å²) in [5, 5.41) is 20.2. The van der Waals surface area contributed by atoms with Gasteiger partial charge in [-0.3, -0.25) is 9.59 Å². The summed E-state index contributed by atoms with van der Waals surface area (Å²) in [4.78, 5) is 24.5. The molecule has 1 aliphatic carbocycles. The van der Waals surface area contributed by atoms with Crippen LogP contribution in [-0.4, -0.2) is 33.3 Å². The molecule has 1 amide bonds. The Hall–Kier alpha value is -3.61. The second-order valence-electron chi connectivity index (χ2n) is 7.97. The summed E-state index contributed by atoms with van der Waals surface area (Å²) >= 11 is 0. The molecule has 1 saturated carbocycles. The first kappa shape index (κ1) is 20.7. The van der Waals surface area contributed by atoms with E-state index in [4.69, 9.17) is 0 Å². The number of para-hydroxylation sites is 1. The molecule has 1 atom stereocenters. The van der Waals surface area contributed by atoms with Crippen molar-refractivity contribution in [1.29, 1.82) is 0 Å². The third-order valence-corrected chi connectivity index (χ3v) is 5.46. The van der Waals surface area contributed by atoms with E-state index in [2.05, 4.69) is 15.7 Å². The van der Waals surface area contributed by atoms with Crippen LogP contribution >= 0.6 is 0 Å². The number of carboxylic acids is 1. The van der Waals surface area contributed by atoms with Crippen LogP contribution in [0, 0.1) is 12.8 Å². The van der Waals surface area contributed by atoms with Crippen molar-refractivity contribution in [3.63, 3.8) is 0 Å². The van der Waals surface area contributed by atoms with Crippen LogP contribution in [0.1, 0.15) is 46.9 Å². The van der Waals surface area contributed by atoms with Crippen molar-refractivity contribution in [2.45, 2.75) is 32.2 Å². The van der Waals surface area contributed by atoms with Crippen LogP contribution in [-0.2, 0) is 4.79 Å². The largest absolute Gasteiger partial charge is 0.481 e. The Morgan fingerprint density at radius 2 is 1.84 bits per heavy atom. The molecule has 0 unspecified atom stereocenters. The summed E-state index contributed by atoms with van der Waals surface area (Å²) in [6.07, 6.45) is 2.23. The third-order valence-electron chi connectivity index (χ3n) is 5.46. The predicted molar refractivity (Wildman–Crippen MR) is 118 cm³/mol. The Labute approximate surface area is 181 Å². The topological polar surface area (TPSA) is 96.3 Å². The average Bonchev–Trinajstić information content (AvgIpc) is 3.49. The van der Waals surface area contributed by atoms with E-state index in [0.717, 1.165) is 29.2 Å². The smallest absolute Gasteiger partial charge is 0.305 e. The highest BCUT2D eigenvalue weighted by molar-refractivity contribution is 5.93. The zero-order chi connectivity index (χ0) is 21.8. The number of aromatic nitrogens is 2. The maximum atomic E-state index is 13.1. The van der Waals surface area contributed by atoms with E-state index < -0.39 is 17.9 Å². The molecule has 7 nitrogen and oxygen atoms in total. The van der Waals surface area contributed by atoms with Crippen molar-refractivity contribution in [1.82, 2.24) is 15.1 Å². The summed E-state index contributed by atoms with van der Waals surface area (Å²) < 4.78 is 1.72. The maximum Gasteiger partial charge on any atom is 0.305 e. The average molecular weight is 418 g/mol. The molecule has 0 radical (unpaired) electrons. The number of nitrogens with zero attached hydrogens (tertiary/aromatic N) is 2. The molecule has 0 aliphatic heterocycles. The monoisotopic (exact) mass is 418 g/mol. The minimum Gasteiger partial charge on any atom is -0.481 e. The van der Waals surface area contributed by atoms with Crippen molar-refractivity contribution < 1.29 is 14.7 Å². The van der Waals surface area contributed by atoms with Crippen molar-refractivity contribution in [2.75, 3.05) is 11.9 Å². The van der Waals surface area contributed by atoms with Gasteiger partial charge in [-0.25, -0.2) is 4.68 Å². The van der Waals surface area contributed by atoms with Crippen molar-refractivity contribution in [2.24, 2.45) is 5.92 Å². The summed E-state index contributed by atoms with van der Waals surface area (Å²) in [6.45, 7) is 2.74. The van der Waals surface area contributed by atoms with Gasteiger partial charge in [0.2, 0.25) is 0 Å². The highest BCUT2D eigenvalue weighted by atomic mass is 16.4. The summed E-state index contributed by atoms with van der Waals surface area (Å²) in [7, 11) is 0. The SMILES string of the molecule is Cc1ccccc1[C@H](CC(=O)O)NC(=O)c1cc(NCC2CC2)n(-c2ccccc2)n1. The highest BCUT2D eigenvalue weighted by Gasteiger charge is 2.24. The lowest BCUT2D eigenvalue weighted by Gasteiger charge is -2.18. The second-order valence-corrected chi connectivity index (χ2v) is 7.97. The van der Waals surface area contributed by atoms with E-state index in [1.54, 1.807) is 10.7 Å². The first-order chi connectivity index (χ1) is 15.0. The number of amides is 1. The number of aryl methyl sites for hydroxylation is 1. The van der Waals surface area contributed by atoms with Gasteiger partial charge in [-0.1, -0.05) is 42.5 Å². The van der Waals surface area contributed by atoms with E-state index >= 15 is 0 Å². The normalized spacial score (nSPS) is 14.1. The number of hydrogen-bond acceptors (Lipinski definition) is 4. The maximum absolute atomic E-state index is 13.1. The van der Waals surface area contributed by atoms with Crippen molar-refractivity contribution in [3.05, 3.63) is 77.5 Å². The predicted octanol–water partition coefficient (Wildman–Crippen LogP) is 3.95. The molecule has 1 heterocycles.